The Bertz CT molecular complexity index is 938. The molecule has 2 aromatic rings. The number of hydrogen-bond donors (Lipinski definition) is 0. The largest absolute Gasteiger partial charge is 0.469 e. The first-order chi connectivity index (χ1) is 12.1. The van der Waals surface area contributed by atoms with Crippen LogP contribution in [-0.4, -0.2) is 25.8 Å². The average molecular weight is 548 g/mol. The first-order valence-corrected chi connectivity index (χ1v) is 9.77. The normalized spacial score (nSPS) is 13.8. The molecule has 0 saturated heterocycles. The molecule has 0 amide bonds. The Morgan fingerprint density at radius 2 is 1.59 bits per heavy atom. The van der Waals surface area contributed by atoms with Crippen molar-refractivity contribution in [2.75, 3.05) is 0 Å². The monoisotopic (exact) mass is 546 g/mol. The molecule has 2 rings (SSSR count). The second-order valence-corrected chi connectivity index (χ2v) is 8.94. The number of halogens is 9. The van der Waals surface area contributed by atoms with E-state index in [-0.39, 0.29) is 14.7 Å². The van der Waals surface area contributed by atoms with Crippen molar-refractivity contribution in [2.24, 2.45) is 0 Å². The van der Waals surface area contributed by atoms with Crippen LogP contribution < -0.4 is 0 Å². The van der Waals surface area contributed by atoms with Crippen molar-refractivity contribution in [3.63, 3.8) is 0 Å². The smallest absolute Gasteiger partial charge is 0.461 e. The lowest BCUT2D eigenvalue weighted by molar-refractivity contribution is -0.332. The highest BCUT2D eigenvalue weighted by Gasteiger charge is 2.78. The summed E-state index contributed by atoms with van der Waals surface area (Å²) in [6, 6.07) is 4.48. The molecule has 0 bridgehead atoms. The third kappa shape index (κ3) is 3.77. The van der Waals surface area contributed by atoms with Crippen molar-refractivity contribution < 1.29 is 43.6 Å². The van der Waals surface area contributed by atoms with Gasteiger partial charge < -0.3 is 4.42 Å². The highest BCUT2D eigenvalue weighted by Crippen LogP contribution is 2.51. The third-order valence-electron chi connectivity index (χ3n) is 3.40. The molecule has 3 nitrogen and oxygen atoms in total. The fourth-order valence-corrected chi connectivity index (χ4v) is 5.22. The Labute approximate surface area is 164 Å². The summed E-state index contributed by atoms with van der Waals surface area (Å²) in [7, 11) is -6.46. The lowest BCUT2D eigenvalue weighted by Gasteiger charge is -2.28. The molecule has 1 heterocycles. The zero-order valence-electron chi connectivity index (χ0n) is 12.6. The molecule has 27 heavy (non-hydrogen) atoms. The Morgan fingerprint density at radius 3 is 2.07 bits per heavy atom. The molecule has 1 aromatic carbocycles. The van der Waals surface area contributed by atoms with Crippen molar-refractivity contribution in [1.82, 2.24) is 0 Å². The van der Waals surface area contributed by atoms with E-state index in [1.807, 2.05) is 0 Å². The van der Waals surface area contributed by atoms with Gasteiger partial charge in [-0.15, -0.1) is 0 Å². The van der Waals surface area contributed by atoms with Gasteiger partial charge in [-0.3, -0.25) is 0 Å². The standard InChI is InChI=1S/C14H7Br2F7O3S/c15-7-4-10(16)9(6-8-2-1-3-26-8)11(5-7)27(24,25)14(22,23)12(17,18)13(19,20)21/h1-5H,6H2. The minimum atomic E-state index is -6.81. The fraction of sp³-hybridized carbons (Fsp3) is 0.286. The summed E-state index contributed by atoms with van der Waals surface area (Å²) < 4.78 is 121. The van der Waals surface area contributed by atoms with E-state index >= 15 is 0 Å². The van der Waals surface area contributed by atoms with Crippen molar-refractivity contribution >= 4 is 41.7 Å². The van der Waals surface area contributed by atoms with Gasteiger partial charge in [0.25, 0.3) is 9.84 Å². The SMILES string of the molecule is O=S(=O)(c1cc(Br)cc(Br)c1Cc1ccco1)C(F)(F)C(F)(F)C(F)(F)F. The predicted molar refractivity (Wildman–Crippen MR) is 86.5 cm³/mol. The molecule has 0 fully saturated rings. The average Bonchev–Trinajstić information content (AvgIpc) is 3.01. The van der Waals surface area contributed by atoms with Crippen molar-refractivity contribution in [3.05, 3.63) is 50.8 Å². The number of hydrogen-bond acceptors (Lipinski definition) is 3. The number of furan rings is 1. The zero-order chi connectivity index (χ0) is 20.8. The van der Waals surface area contributed by atoms with Gasteiger partial charge in [0.2, 0.25) is 0 Å². The van der Waals surface area contributed by atoms with Crippen molar-refractivity contribution in [1.29, 1.82) is 0 Å². The summed E-state index contributed by atoms with van der Waals surface area (Å²) in [5.41, 5.74) is -0.467. The van der Waals surface area contributed by atoms with Gasteiger partial charge in [0, 0.05) is 15.4 Å². The molecule has 0 atom stereocenters. The van der Waals surface area contributed by atoms with Crippen LogP contribution in [0, 0.1) is 0 Å². The van der Waals surface area contributed by atoms with Gasteiger partial charge in [0.05, 0.1) is 11.2 Å². The van der Waals surface area contributed by atoms with Crippen LogP contribution in [0.5, 0.6) is 0 Å². The maximum absolute atomic E-state index is 14.0. The second-order valence-electron chi connectivity index (χ2n) is 5.21. The van der Waals surface area contributed by atoms with E-state index in [1.54, 1.807) is 0 Å². The summed E-state index contributed by atoms with van der Waals surface area (Å²) in [6.07, 6.45) is -6.06. The molecule has 0 radical (unpaired) electrons. The summed E-state index contributed by atoms with van der Waals surface area (Å²) in [6.45, 7) is 0. The number of sulfone groups is 1. The van der Waals surface area contributed by atoms with Crippen LogP contribution in [0.1, 0.15) is 11.3 Å². The van der Waals surface area contributed by atoms with Gasteiger partial charge in [-0.1, -0.05) is 31.9 Å². The highest BCUT2D eigenvalue weighted by atomic mass is 79.9. The molecule has 0 N–H and O–H groups in total. The van der Waals surface area contributed by atoms with Gasteiger partial charge >= 0.3 is 17.4 Å². The van der Waals surface area contributed by atoms with E-state index in [2.05, 4.69) is 31.9 Å². The molecule has 0 aliphatic carbocycles. The summed E-state index contributed by atoms with van der Waals surface area (Å²) in [4.78, 5) is -1.39. The molecule has 0 aliphatic rings. The van der Waals surface area contributed by atoms with Crippen molar-refractivity contribution in [2.45, 2.75) is 28.7 Å². The first-order valence-electron chi connectivity index (χ1n) is 6.70. The van der Waals surface area contributed by atoms with E-state index in [0.717, 1.165) is 0 Å². The van der Waals surface area contributed by atoms with E-state index < -0.39 is 44.1 Å². The molecule has 13 heteroatoms. The van der Waals surface area contributed by atoms with E-state index in [4.69, 9.17) is 4.42 Å². The molecular formula is C14H7Br2F7O3S. The number of benzene rings is 1. The second kappa shape index (κ2) is 7.07. The summed E-state index contributed by atoms with van der Waals surface area (Å²) >= 11 is 5.70. The van der Waals surface area contributed by atoms with E-state index in [9.17, 15) is 39.2 Å². The lowest BCUT2D eigenvalue weighted by atomic mass is 10.1. The maximum Gasteiger partial charge on any atom is 0.461 e. The molecule has 150 valence electrons. The van der Waals surface area contributed by atoms with Gasteiger partial charge in [-0.05, 0) is 29.8 Å². The van der Waals surface area contributed by atoms with Crippen LogP contribution in [0.25, 0.3) is 0 Å². The Balaban J connectivity index is 2.72. The fourth-order valence-electron chi connectivity index (χ4n) is 2.05. The summed E-state index contributed by atoms with van der Waals surface area (Å²) in [5.74, 6) is -6.74. The predicted octanol–water partition coefficient (Wildman–Crippen LogP) is 5.96. The third-order valence-corrected chi connectivity index (χ3v) is 6.44. The Kier molecular flexibility index (Phi) is 5.81. The van der Waals surface area contributed by atoms with Crippen LogP contribution in [0.2, 0.25) is 0 Å². The molecule has 0 aliphatic heterocycles. The van der Waals surface area contributed by atoms with Crippen LogP contribution in [0.15, 0.2) is 48.8 Å². The molecular weight excluding hydrogens is 541 g/mol. The van der Waals surface area contributed by atoms with Crippen LogP contribution in [-0.2, 0) is 16.3 Å². The quantitative estimate of drug-likeness (QED) is 0.434. The highest BCUT2D eigenvalue weighted by molar-refractivity contribution is 9.11. The minimum Gasteiger partial charge on any atom is -0.469 e. The number of alkyl halides is 7. The van der Waals surface area contributed by atoms with Gasteiger partial charge in [0.1, 0.15) is 5.76 Å². The molecule has 1 aromatic heterocycles. The Hall–Kier alpha value is -1.08. The number of rotatable bonds is 5. The molecule has 0 saturated carbocycles. The van der Waals surface area contributed by atoms with Crippen LogP contribution >= 0.6 is 31.9 Å². The molecule has 0 unspecified atom stereocenters. The topological polar surface area (TPSA) is 47.3 Å². The zero-order valence-corrected chi connectivity index (χ0v) is 16.6. The van der Waals surface area contributed by atoms with Crippen LogP contribution in [0.4, 0.5) is 30.7 Å². The molecule has 0 spiro atoms. The van der Waals surface area contributed by atoms with Gasteiger partial charge in [-0.2, -0.15) is 30.7 Å². The van der Waals surface area contributed by atoms with Crippen molar-refractivity contribution in [3.8, 4) is 0 Å². The lowest BCUT2D eigenvalue weighted by Crippen LogP contribution is -2.56. The van der Waals surface area contributed by atoms with Gasteiger partial charge in [0.15, 0.2) is 0 Å². The maximum atomic E-state index is 14.0. The Morgan fingerprint density at radius 1 is 1.00 bits per heavy atom. The first kappa shape index (κ1) is 22.2. The van der Waals surface area contributed by atoms with Crippen LogP contribution in [0.3, 0.4) is 0 Å². The summed E-state index contributed by atoms with van der Waals surface area (Å²) in [5, 5.41) is -6.45. The van der Waals surface area contributed by atoms with Gasteiger partial charge in [-0.25, -0.2) is 8.42 Å². The minimum absolute atomic E-state index is 0.0698. The van der Waals surface area contributed by atoms with E-state index in [1.165, 1.54) is 24.5 Å². The van der Waals surface area contributed by atoms with E-state index in [0.29, 0.717) is 6.07 Å².